The summed E-state index contributed by atoms with van der Waals surface area (Å²) < 4.78 is 5.63. The molecular formula is C15H19BrO2. The molecule has 98 valence electrons. The lowest BCUT2D eigenvalue weighted by atomic mass is 9.81. The molecule has 0 saturated heterocycles. The van der Waals surface area contributed by atoms with E-state index in [1.165, 1.54) is 12.0 Å². The van der Waals surface area contributed by atoms with Gasteiger partial charge >= 0.3 is 5.97 Å². The Kier molecular flexibility index (Phi) is 4.81. The number of esters is 1. The molecular weight excluding hydrogens is 292 g/mol. The quantitative estimate of drug-likeness (QED) is 0.622. The Balaban J connectivity index is 2.09. The second kappa shape index (κ2) is 6.37. The average Bonchev–Trinajstić information content (AvgIpc) is 2.40. The summed E-state index contributed by atoms with van der Waals surface area (Å²) in [5.41, 5.74) is 1.29. The van der Waals surface area contributed by atoms with Crippen LogP contribution >= 0.6 is 15.9 Å². The average molecular weight is 311 g/mol. The molecule has 0 aromatic heterocycles. The van der Waals surface area contributed by atoms with Gasteiger partial charge in [-0.05, 0) is 31.7 Å². The highest BCUT2D eigenvalue weighted by Crippen LogP contribution is 2.35. The van der Waals surface area contributed by atoms with Crippen molar-refractivity contribution in [2.75, 3.05) is 0 Å². The number of hydrogen-bond donors (Lipinski definition) is 0. The van der Waals surface area contributed by atoms with E-state index < -0.39 is 0 Å². The summed E-state index contributed by atoms with van der Waals surface area (Å²) in [6, 6.07) is 10.4. The zero-order valence-electron chi connectivity index (χ0n) is 10.6. The molecule has 1 aromatic carbocycles. The fourth-order valence-electron chi connectivity index (χ4n) is 2.56. The van der Waals surface area contributed by atoms with Crippen LogP contribution in [0.3, 0.4) is 0 Å². The Labute approximate surface area is 117 Å². The van der Waals surface area contributed by atoms with Crippen LogP contribution in [-0.2, 0) is 9.53 Å². The number of rotatable bonds is 3. The van der Waals surface area contributed by atoms with E-state index in [-0.39, 0.29) is 16.9 Å². The van der Waals surface area contributed by atoms with Crippen molar-refractivity contribution in [2.45, 2.75) is 49.5 Å². The monoisotopic (exact) mass is 310 g/mol. The molecule has 0 heterocycles. The number of alkyl halides is 1. The highest BCUT2D eigenvalue weighted by molar-refractivity contribution is 9.10. The molecule has 1 saturated carbocycles. The molecule has 1 aromatic rings. The summed E-state index contributed by atoms with van der Waals surface area (Å²) in [4.78, 5) is 11.5. The molecule has 3 atom stereocenters. The largest absolute Gasteiger partial charge is 0.461 e. The van der Waals surface area contributed by atoms with Crippen molar-refractivity contribution in [3.05, 3.63) is 35.9 Å². The molecule has 2 nitrogen and oxygen atoms in total. The van der Waals surface area contributed by atoms with Crippen LogP contribution in [-0.4, -0.2) is 16.9 Å². The van der Waals surface area contributed by atoms with Crippen molar-refractivity contribution in [3.8, 4) is 0 Å². The lowest BCUT2D eigenvalue weighted by Crippen LogP contribution is -2.30. The fraction of sp³-hybridized carbons (Fsp3) is 0.533. The first-order chi connectivity index (χ1) is 8.68. The first-order valence-corrected chi connectivity index (χ1v) is 7.49. The number of halogens is 1. The Bertz CT molecular complexity index is 389. The Morgan fingerprint density at radius 2 is 1.94 bits per heavy atom. The van der Waals surface area contributed by atoms with Crippen molar-refractivity contribution < 1.29 is 9.53 Å². The summed E-state index contributed by atoms with van der Waals surface area (Å²) in [5, 5.41) is 0. The van der Waals surface area contributed by atoms with Gasteiger partial charge in [0.1, 0.15) is 10.9 Å². The van der Waals surface area contributed by atoms with Crippen LogP contribution in [0.15, 0.2) is 30.3 Å². The highest BCUT2D eigenvalue weighted by Gasteiger charge is 2.30. The standard InChI is InChI=1S/C15H19BrO2/c1-11(16)15(17)18-14-10-6-5-9-13(14)12-7-3-2-4-8-12/h2-4,7-8,11,13-14H,5-6,9-10H2,1H3/t11-,13+,14-/m0/s1. The van der Waals surface area contributed by atoms with Gasteiger partial charge in [-0.15, -0.1) is 0 Å². The van der Waals surface area contributed by atoms with Crippen molar-refractivity contribution >= 4 is 21.9 Å². The van der Waals surface area contributed by atoms with Gasteiger partial charge in [0, 0.05) is 5.92 Å². The number of ether oxygens (including phenoxy) is 1. The maximum absolute atomic E-state index is 11.7. The molecule has 0 radical (unpaired) electrons. The van der Waals surface area contributed by atoms with E-state index in [9.17, 15) is 4.79 Å². The van der Waals surface area contributed by atoms with E-state index in [4.69, 9.17) is 4.74 Å². The third-order valence-electron chi connectivity index (χ3n) is 3.52. The molecule has 1 aliphatic rings. The third-order valence-corrected chi connectivity index (χ3v) is 3.90. The van der Waals surface area contributed by atoms with Gasteiger partial charge in [0.2, 0.25) is 0 Å². The SMILES string of the molecule is C[C@H](Br)C(=O)O[C@H]1CCCC[C@@H]1c1ccccc1. The molecule has 1 aliphatic carbocycles. The van der Waals surface area contributed by atoms with Crippen molar-refractivity contribution in [1.82, 2.24) is 0 Å². The van der Waals surface area contributed by atoms with Crippen molar-refractivity contribution in [2.24, 2.45) is 0 Å². The van der Waals surface area contributed by atoms with E-state index in [0.29, 0.717) is 5.92 Å². The van der Waals surface area contributed by atoms with Gasteiger partial charge in [-0.1, -0.05) is 52.7 Å². The van der Waals surface area contributed by atoms with Gasteiger partial charge < -0.3 is 4.74 Å². The number of carbonyl (C=O) groups is 1. The van der Waals surface area contributed by atoms with Crippen LogP contribution in [0.2, 0.25) is 0 Å². The van der Waals surface area contributed by atoms with E-state index >= 15 is 0 Å². The van der Waals surface area contributed by atoms with Gasteiger partial charge in [-0.3, -0.25) is 4.79 Å². The normalized spacial score (nSPS) is 25.4. The zero-order valence-corrected chi connectivity index (χ0v) is 12.2. The summed E-state index contributed by atoms with van der Waals surface area (Å²) in [5.74, 6) is 0.206. The molecule has 18 heavy (non-hydrogen) atoms. The van der Waals surface area contributed by atoms with Crippen LogP contribution in [0.4, 0.5) is 0 Å². The Morgan fingerprint density at radius 1 is 1.28 bits per heavy atom. The zero-order chi connectivity index (χ0) is 13.0. The number of hydrogen-bond acceptors (Lipinski definition) is 2. The lowest BCUT2D eigenvalue weighted by molar-refractivity contribution is -0.150. The molecule has 0 spiro atoms. The van der Waals surface area contributed by atoms with Gasteiger partial charge in [-0.25, -0.2) is 0 Å². The first kappa shape index (κ1) is 13.6. The maximum Gasteiger partial charge on any atom is 0.319 e. The van der Waals surface area contributed by atoms with Crippen molar-refractivity contribution in [3.63, 3.8) is 0 Å². The van der Waals surface area contributed by atoms with Gasteiger partial charge in [0.05, 0.1) is 0 Å². The van der Waals surface area contributed by atoms with E-state index in [0.717, 1.165) is 19.3 Å². The van der Waals surface area contributed by atoms with Gasteiger partial charge in [0.25, 0.3) is 0 Å². The fourth-order valence-corrected chi connectivity index (χ4v) is 2.67. The molecule has 2 rings (SSSR count). The van der Waals surface area contributed by atoms with Gasteiger partial charge in [-0.2, -0.15) is 0 Å². The maximum atomic E-state index is 11.7. The van der Waals surface area contributed by atoms with E-state index in [2.05, 4.69) is 40.2 Å². The second-order valence-electron chi connectivity index (χ2n) is 4.89. The first-order valence-electron chi connectivity index (χ1n) is 6.58. The minimum atomic E-state index is -0.226. The minimum Gasteiger partial charge on any atom is -0.461 e. The lowest BCUT2D eigenvalue weighted by Gasteiger charge is -2.31. The molecule has 1 fully saturated rings. The molecule has 0 bridgehead atoms. The molecule has 0 aliphatic heterocycles. The predicted molar refractivity (Wildman–Crippen MR) is 75.9 cm³/mol. The number of benzene rings is 1. The van der Waals surface area contributed by atoms with Crippen LogP contribution in [0, 0.1) is 0 Å². The smallest absolute Gasteiger partial charge is 0.319 e. The van der Waals surface area contributed by atoms with Crippen LogP contribution in [0.25, 0.3) is 0 Å². The predicted octanol–water partition coefficient (Wildman–Crippen LogP) is 4.04. The molecule has 0 N–H and O–H groups in total. The Morgan fingerprint density at radius 3 is 2.61 bits per heavy atom. The van der Waals surface area contributed by atoms with Gasteiger partial charge in [0.15, 0.2) is 0 Å². The summed E-state index contributed by atoms with van der Waals surface area (Å²) >= 11 is 3.27. The van der Waals surface area contributed by atoms with Crippen molar-refractivity contribution in [1.29, 1.82) is 0 Å². The van der Waals surface area contributed by atoms with Crippen LogP contribution < -0.4 is 0 Å². The highest BCUT2D eigenvalue weighted by atomic mass is 79.9. The Hall–Kier alpha value is -0.830. The summed E-state index contributed by atoms with van der Waals surface area (Å²) in [6.45, 7) is 1.81. The van der Waals surface area contributed by atoms with Crippen LogP contribution in [0.1, 0.15) is 44.1 Å². The minimum absolute atomic E-state index is 0.0358. The summed E-state index contributed by atoms with van der Waals surface area (Å²) in [7, 11) is 0. The second-order valence-corrected chi connectivity index (χ2v) is 6.27. The van der Waals surface area contributed by atoms with E-state index in [1.807, 2.05) is 13.0 Å². The molecule has 0 unspecified atom stereocenters. The summed E-state index contributed by atoms with van der Waals surface area (Å²) in [6.07, 6.45) is 4.49. The van der Waals surface area contributed by atoms with E-state index in [1.54, 1.807) is 0 Å². The molecule has 0 amide bonds. The number of carbonyl (C=O) groups excluding carboxylic acids is 1. The topological polar surface area (TPSA) is 26.3 Å². The third kappa shape index (κ3) is 3.35. The molecule has 3 heteroatoms. The van der Waals surface area contributed by atoms with Crippen LogP contribution in [0.5, 0.6) is 0 Å².